The number of aromatic nitrogens is 3. The van der Waals surface area contributed by atoms with Crippen LogP contribution in [0, 0.1) is 12.8 Å². The molecule has 1 aliphatic rings. The number of carbonyl (C=O) groups excluding carboxylic acids is 1. The second-order valence-electron chi connectivity index (χ2n) is 5.52. The fraction of sp³-hybridized carbons (Fsp3) is 0.500. The zero-order valence-corrected chi connectivity index (χ0v) is 12.4. The van der Waals surface area contributed by atoms with Gasteiger partial charge in [0.25, 0.3) is 5.91 Å². The summed E-state index contributed by atoms with van der Waals surface area (Å²) in [5.74, 6) is -0.296. The zero-order valence-electron chi connectivity index (χ0n) is 12.4. The van der Waals surface area contributed by atoms with Gasteiger partial charge in [-0.25, -0.2) is 9.50 Å². The highest BCUT2D eigenvalue weighted by molar-refractivity contribution is 5.93. The second-order valence-corrected chi connectivity index (χ2v) is 5.52. The molecule has 1 atom stereocenters. The lowest BCUT2D eigenvalue weighted by atomic mass is 10.1. The van der Waals surface area contributed by atoms with E-state index in [1.807, 2.05) is 0 Å². The van der Waals surface area contributed by atoms with E-state index in [0.717, 1.165) is 12.5 Å². The molecule has 9 heteroatoms. The third-order valence-electron chi connectivity index (χ3n) is 3.65. The highest BCUT2D eigenvalue weighted by atomic mass is 19.4. The van der Waals surface area contributed by atoms with E-state index in [0.29, 0.717) is 24.3 Å². The van der Waals surface area contributed by atoms with E-state index in [2.05, 4.69) is 15.4 Å². The maximum Gasteiger partial charge on any atom is 0.433 e. The topological polar surface area (TPSA) is 68.5 Å². The van der Waals surface area contributed by atoms with Gasteiger partial charge < -0.3 is 10.1 Å². The first-order valence-corrected chi connectivity index (χ1v) is 7.15. The van der Waals surface area contributed by atoms with Gasteiger partial charge in [-0.2, -0.15) is 18.3 Å². The molecule has 0 aliphatic carbocycles. The summed E-state index contributed by atoms with van der Waals surface area (Å²) in [5.41, 5.74) is -0.845. The molecule has 23 heavy (non-hydrogen) atoms. The minimum Gasteiger partial charge on any atom is -0.381 e. The van der Waals surface area contributed by atoms with Gasteiger partial charge in [-0.15, -0.1) is 0 Å². The van der Waals surface area contributed by atoms with Gasteiger partial charge in [0, 0.05) is 30.8 Å². The summed E-state index contributed by atoms with van der Waals surface area (Å²) in [5, 5.41) is 6.43. The van der Waals surface area contributed by atoms with Crippen molar-refractivity contribution in [3.05, 3.63) is 29.2 Å². The Bertz CT molecular complexity index is 735. The van der Waals surface area contributed by atoms with Crippen molar-refractivity contribution in [2.75, 3.05) is 19.8 Å². The van der Waals surface area contributed by atoms with E-state index < -0.39 is 17.8 Å². The monoisotopic (exact) mass is 328 g/mol. The molecule has 1 aliphatic heterocycles. The lowest BCUT2D eigenvalue weighted by Crippen LogP contribution is -2.29. The zero-order chi connectivity index (χ0) is 16.6. The molecule has 0 spiro atoms. The first-order chi connectivity index (χ1) is 10.8. The van der Waals surface area contributed by atoms with Crippen molar-refractivity contribution in [2.45, 2.75) is 19.5 Å². The molecule has 1 fully saturated rings. The summed E-state index contributed by atoms with van der Waals surface area (Å²) >= 11 is 0. The summed E-state index contributed by atoms with van der Waals surface area (Å²) in [6.45, 7) is 3.10. The predicted octanol–water partition coefficient (Wildman–Crippen LogP) is 1.82. The van der Waals surface area contributed by atoms with Gasteiger partial charge in [-0.1, -0.05) is 0 Å². The van der Waals surface area contributed by atoms with Crippen LogP contribution < -0.4 is 5.32 Å². The molecule has 0 unspecified atom stereocenters. The van der Waals surface area contributed by atoms with E-state index >= 15 is 0 Å². The second kappa shape index (κ2) is 5.80. The van der Waals surface area contributed by atoms with Crippen molar-refractivity contribution < 1.29 is 22.7 Å². The number of rotatable bonds is 3. The van der Waals surface area contributed by atoms with Crippen LogP contribution in [0.3, 0.4) is 0 Å². The van der Waals surface area contributed by atoms with Gasteiger partial charge in [-0.05, 0) is 19.4 Å². The smallest absolute Gasteiger partial charge is 0.381 e. The Morgan fingerprint density at radius 3 is 2.91 bits per heavy atom. The van der Waals surface area contributed by atoms with Gasteiger partial charge in [-0.3, -0.25) is 4.79 Å². The average molecular weight is 328 g/mol. The molecule has 1 N–H and O–H groups in total. The molecule has 2 aromatic heterocycles. The van der Waals surface area contributed by atoms with Crippen LogP contribution in [-0.2, 0) is 10.9 Å². The van der Waals surface area contributed by atoms with E-state index in [4.69, 9.17) is 4.74 Å². The van der Waals surface area contributed by atoms with Crippen molar-refractivity contribution in [1.82, 2.24) is 19.9 Å². The summed E-state index contributed by atoms with van der Waals surface area (Å²) in [6, 6.07) is 2.15. The van der Waals surface area contributed by atoms with Crippen LogP contribution in [0.1, 0.15) is 28.3 Å². The lowest BCUT2D eigenvalue weighted by Gasteiger charge is -2.09. The van der Waals surface area contributed by atoms with E-state index in [1.165, 1.54) is 13.0 Å². The van der Waals surface area contributed by atoms with Crippen molar-refractivity contribution in [3.63, 3.8) is 0 Å². The number of alkyl halides is 3. The van der Waals surface area contributed by atoms with Crippen LogP contribution in [-0.4, -0.2) is 40.3 Å². The van der Waals surface area contributed by atoms with Crippen molar-refractivity contribution in [1.29, 1.82) is 0 Å². The molecule has 1 amide bonds. The molecule has 0 bridgehead atoms. The van der Waals surface area contributed by atoms with Crippen molar-refractivity contribution >= 4 is 11.6 Å². The van der Waals surface area contributed by atoms with E-state index in [1.54, 1.807) is 0 Å². The highest BCUT2D eigenvalue weighted by Crippen LogP contribution is 2.29. The van der Waals surface area contributed by atoms with Crippen molar-refractivity contribution in [2.24, 2.45) is 5.92 Å². The Hall–Kier alpha value is -2.16. The molecule has 0 saturated carbocycles. The number of carbonyl (C=O) groups is 1. The lowest BCUT2D eigenvalue weighted by molar-refractivity contribution is -0.142. The van der Waals surface area contributed by atoms with Gasteiger partial charge in [0.2, 0.25) is 0 Å². The summed E-state index contributed by atoms with van der Waals surface area (Å²) in [4.78, 5) is 16.1. The molecule has 1 saturated heterocycles. The molecule has 3 heterocycles. The normalized spacial score (nSPS) is 18.5. The standard InChI is InChI=1S/C14H15F3N4O2/c1-8-4-11(14(15,16)17)21-12(19-8)5-10(20-21)13(22)18-6-9-2-3-23-7-9/h4-5,9H,2-3,6-7H2,1H3,(H,18,22)/t9-/m1/s1. The number of fused-ring (bicyclic) bond motifs is 1. The maximum atomic E-state index is 13.1. The van der Waals surface area contributed by atoms with E-state index in [9.17, 15) is 18.0 Å². The fourth-order valence-electron chi connectivity index (χ4n) is 2.48. The number of aryl methyl sites for hydroxylation is 1. The predicted molar refractivity (Wildman–Crippen MR) is 74.0 cm³/mol. The minimum atomic E-state index is -4.58. The molecular formula is C14H15F3N4O2. The Kier molecular flexibility index (Phi) is 3.97. The first-order valence-electron chi connectivity index (χ1n) is 7.15. The third-order valence-corrected chi connectivity index (χ3v) is 3.65. The summed E-state index contributed by atoms with van der Waals surface area (Å²) < 4.78 is 45.0. The van der Waals surface area contributed by atoms with Crippen LogP contribution in [0.15, 0.2) is 12.1 Å². The van der Waals surface area contributed by atoms with Crippen LogP contribution in [0.5, 0.6) is 0 Å². The summed E-state index contributed by atoms with van der Waals surface area (Å²) in [7, 11) is 0. The number of nitrogens with one attached hydrogen (secondary N) is 1. The molecule has 0 radical (unpaired) electrons. The molecule has 3 rings (SSSR count). The van der Waals surface area contributed by atoms with Gasteiger partial charge in [0.05, 0.1) is 6.61 Å². The average Bonchev–Trinajstić information content (AvgIpc) is 3.11. The molecule has 6 nitrogen and oxygen atoms in total. The van der Waals surface area contributed by atoms with Gasteiger partial charge in [0.15, 0.2) is 11.3 Å². The number of hydrogen-bond donors (Lipinski definition) is 1. The molecule has 0 aromatic carbocycles. The number of ether oxygens (including phenoxy) is 1. The largest absolute Gasteiger partial charge is 0.433 e. The summed E-state index contributed by atoms with van der Waals surface area (Å²) in [6.07, 6.45) is -3.72. The number of hydrogen-bond acceptors (Lipinski definition) is 4. The quantitative estimate of drug-likeness (QED) is 0.933. The number of nitrogens with zero attached hydrogens (tertiary/aromatic N) is 3. The Balaban J connectivity index is 1.85. The molecule has 2 aromatic rings. The van der Waals surface area contributed by atoms with Gasteiger partial charge >= 0.3 is 6.18 Å². The molecule has 124 valence electrons. The SMILES string of the molecule is Cc1cc(C(F)(F)F)n2nc(C(=O)NC[C@H]3CCOC3)cc2n1. The Morgan fingerprint density at radius 1 is 1.48 bits per heavy atom. The van der Waals surface area contributed by atoms with Crippen molar-refractivity contribution in [3.8, 4) is 0 Å². The van der Waals surface area contributed by atoms with Crippen LogP contribution in [0.2, 0.25) is 0 Å². The van der Waals surface area contributed by atoms with Crippen LogP contribution >= 0.6 is 0 Å². The maximum absolute atomic E-state index is 13.1. The number of halogens is 3. The van der Waals surface area contributed by atoms with Crippen LogP contribution in [0.25, 0.3) is 5.65 Å². The highest BCUT2D eigenvalue weighted by Gasteiger charge is 2.35. The van der Waals surface area contributed by atoms with E-state index in [-0.39, 0.29) is 23.0 Å². The fourth-order valence-corrected chi connectivity index (χ4v) is 2.48. The van der Waals surface area contributed by atoms with Gasteiger partial charge in [0.1, 0.15) is 5.69 Å². The third kappa shape index (κ3) is 3.29. The minimum absolute atomic E-state index is 0.00771. The Labute approximate surface area is 129 Å². The van der Waals surface area contributed by atoms with Crippen LogP contribution in [0.4, 0.5) is 13.2 Å². The first kappa shape index (κ1) is 15.7. The molecular weight excluding hydrogens is 313 g/mol. The number of amides is 1. The Morgan fingerprint density at radius 2 is 2.26 bits per heavy atom.